The lowest BCUT2D eigenvalue weighted by molar-refractivity contribution is -0.137. The lowest BCUT2D eigenvalue weighted by atomic mass is 10.1. The highest BCUT2D eigenvalue weighted by atomic mass is 32.2. The van der Waals surface area contributed by atoms with Gasteiger partial charge in [-0.15, -0.1) is 0 Å². The summed E-state index contributed by atoms with van der Waals surface area (Å²) in [5, 5.41) is 7.79. The van der Waals surface area contributed by atoms with Crippen molar-refractivity contribution < 1.29 is 26.4 Å². The van der Waals surface area contributed by atoms with E-state index in [9.17, 15) is 26.4 Å². The van der Waals surface area contributed by atoms with E-state index in [1.54, 1.807) is 12.1 Å². The maximum absolute atomic E-state index is 12.7. The molecule has 30 heavy (non-hydrogen) atoms. The van der Waals surface area contributed by atoms with Gasteiger partial charge < -0.3 is 5.32 Å². The van der Waals surface area contributed by atoms with Crippen molar-refractivity contribution in [1.29, 1.82) is 0 Å². The highest BCUT2D eigenvalue weighted by Gasteiger charge is 2.30. The third-order valence-electron chi connectivity index (χ3n) is 4.06. The van der Waals surface area contributed by atoms with E-state index in [1.165, 1.54) is 0 Å². The smallest absolute Gasteiger partial charge is 0.322 e. The van der Waals surface area contributed by atoms with Crippen LogP contribution in [0, 0.1) is 13.8 Å². The monoisotopic (exact) mass is 438 g/mol. The molecule has 0 aliphatic carbocycles. The second-order valence-corrected chi connectivity index (χ2v) is 8.24. The van der Waals surface area contributed by atoms with Gasteiger partial charge in [-0.2, -0.15) is 26.7 Å². The molecule has 0 bridgehead atoms. The number of amides is 1. The number of anilines is 2. The Labute approximate surface area is 170 Å². The summed E-state index contributed by atoms with van der Waals surface area (Å²) in [5.74, 6) is -0.843. The molecule has 3 rings (SSSR count). The van der Waals surface area contributed by atoms with Crippen molar-refractivity contribution >= 4 is 27.3 Å². The number of nitrogens with one attached hydrogen (secondary N) is 3. The average molecular weight is 438 g/mol. The molecule has 1 heterocycles. The first kappa shape index (κ1) is 21.4. The number of hydrogen-bond acceptors (Lipinski definition) is 4. The summed E-state index contributed by atoms with van der Waals surface area (Å²) < 4.78 is 65.8. The Kier molecular flexibility index (Phi) is 5.57. The molecule has 0 spiro atoms. The van der Waals surface area contributed by atoms with Gasteiger partial charge in [0.25, 0.3) is 15.9 Å². The van der Waals surface area contributed by atoms with Crippen LogP contribution in [0.15, 0.2) is 53.7 Å². The van der Waals surface area contributed by atoms with Crippen LogP contribution in [0.3, 0.4) is 0 Å². The Morgan fingerprint density at radius 1 is 1.00 bits per heavy atom. The Hall–Kier alpha value is -3.34. The molecule has 0 saturated carbocycles. The molecule has 158 valence electrons. The number of carbonyl (C=O) groups is 1. The molecule has 3 N–H and O–H groups in total. The van der Waals surface area contributed by atoms with E-state index in [0.29, 0.717) is 5.69 Å². The lowest BCUT2D eigenvalue weighted by Crippen LogP contribution is -2.20. The molecule has 1 amide bonds. The lowest BCUT2D eigenvalue weighted by Gasteiger charge is -2.11. The van der Waals surface area contributed by atoms with Gasteiger partial charge >= 0.3 is 6.18 Å². The molecule has 0 unspecified atom stereocenters. The van der Waals surface area contributed by atoms with E-state index in [2.05, 4.69) is 20.2 Å². The molecule has 0 aliphatic heterocycles. The van der Waals surface area contributed by atoms with E-state index < -0.39 is 32.7 Å². The van der Waals surface area contributed by atoms with Crippen LogP contribution in [0.2, 0.25) is 0 Å². The number of rotatable bonds is 5. The highest BCUT2D eigenvalue weighted by Crippen LogP contribution is 2.30. The van der Waals surface area contributed by atoms with Crippen LogP contribution in [0.1, 0.15) is 27.0 Å². The Bertz CT molecular complexity index is 1170. The van der Waals surface area contributed by atoms with Gasteiger partial charge in [-0.25, -0.2) is 0 Å². The molecule has 0 radical (unpaired) electrons. The largest absolute Gasteiger partial charge is 0.416 e. The number of aromatic amines is 1. The summed E-state index contributed by atoms with van der Waals surface area (Å²) in [7, 11) is -4.18. The molecule has 7 nitrogen and oxygen atoms in total. The number of halogens is 3. The zero-order valence-electron chi connectivity index (χ0n) is 15.8. The van der Waals surface area contributed by atoms with Gasteiger partial charge in [0.15, 0.2) is 5.03 Å². The minimum Gasteiger partial charge on any atom is -0.322 e. The molecule has 2 aromatic carbocycles. The molecule has 0 aliphatic rings. The van der Waals surface area contributed by atoms with E-state index in [1.807, 2.05) is 19.9 Å². The van der Waals surface area contributed by atoms with Crippen LogP contribution >= 0.6 is 0 Å². The van der Waals surface area contributed by atoms with Gasteiger partial charge in [-0.1, -0.05) is 6.07 Å². The van der Waals surface area contributed by atoms with Crippen LogP contribution in [0.25, 0.3) is 0 Å². The average Bonchev–Trinajstić information content (AvgIpc) is 3.11. The van der Waals surface area contributed by atoms with Crippen molar-refractivity contribution in [2.45, 2.75) is 25.0 Å². The number of H-pyrrole nitrogens is 1. The summed E-state index contributed by atoms with van der Waals surface area (Å²) in [5.41, 5.74) is 0.919. The SMILES string of the molecule is Cc1cc(C)cc(NS(=O)(=O)c2[nH]ncc2C(=O)Nc2ccc(C(F)(F)F)cc2)c1. The first-order valence-corrected chi connectivity index (χ1v) is 10.1. The Morgan fingerprint density at radius 3 is 2.17 bits per heavy atom. The summed E-state index contributed by atoms with van der Waals surface area (Å²) in [4.78, 5) is 12.5. The predicted octanol–water partition coefficient (Wildman–Crippen LogP) is 4.10. The van der Waals surface area contributed by atoms with Crippen molar-refractivity contribution in [3.8, 4) is 0 Å². The fourth-order valence-electron chi connectivity index (χ4n) is 2.82. The van der Waals surface area contributed by atoms with Gasteiger partial charge in [0, 0.05) is 11.4 Å². The second-order valence-electron chi connectivity index (χ2n) is 6.62. The standard InChI is InChI=1S/C19H17F3N4O3S/c1-11-7-12(2)9-15(8-11)26-30(28,29)18-16(10-23-25-18)17(27)24-14-5-3-13(4-6-14)19(20,21)22/h3-10,26H,1-2H3,(H,23,25)(H,24,27). The minimum absolute atomic E-state index is 0.0693. The minimum atomic E-state index is -4.51. The van der Waals surface area contributed by atoms with Crippen LogP contribution in [0.4, 0.5) is 24.5 Å². The first-order valence-electron chi connectivity index (χ1n) is 8.59. The van der Waals surface area contributed by atoms with Crippen molar-refractivity contribution in [3.05, 3.63) is 70.9 Å². The normalized spacial score (nSPS) is 11.9. The van der Waals surface area contributed by atoms with Crippen molar-refractivity contribution in [2.24, 2.45) is 0 Å². The number of carbonyl (C=O) groups excluding carboxylic acids is 1. The third kappa shape index (κ3) is 4.79. The molecule has 1 aromatic heterocycles. The van der Waals surface area contributed by atoms with E-state index >= 15 is 0 Å². The molecular formula is C19H17F3N4O3S. The van der Waals surface area contributed by atoms with Gasteiger partial charge in [-0.05, 0) is 61.4 Å². The number of hydrogen-bond donors (Lipinski definition) is 3. The molecular weight excluding hydrogens is 421 g/mol. The van der Waals surface area contributed by atoms with E-state index in [-0.39, 0.29) is 11.3 Å². The zero-order chi connectivity index (χ0) is 22.1. The molecule has 11 heteroatoms. The van der Waals surface area contributed by atoms with Crippen LogP contribution in [-0.4, -0.2) is 24.5 Å². The summed E-state index contributed by atoms with van der Waals surface area (Å²) >= 11 is 0. The van der Waals surface area contributed by atoms with Gasteiger partial charge in [0.2, 0.25) is 0 Å². The molecule has 0 fully saturated rings. The number of nitrogens with zero attached hydrogens (tertiary/aromatic N) is 1. The van der Waals surface area contributed by atoms with Crippen molar-refractivity contribution in [3.63, 3.8) is 0 Å². The quantitative estimate of drug-likeness (QED) is 0.558. The number of aromatic nitrogens is 2. The van der Waals surface area contributed by atoms with E-state index in [0.717, 1.165) is 41.6 Å². The Morgan fingerprint density at radius 2 is 1.60 bits per heavy atom. The number of sulfonamides is 1. The third-order valence-corrected chi connectivity index (χ3v) is 5.41. The summed E-state index contributed by atoms with van der Waals surface area (Å²) in [6, 6.07) is 8.89. The van der Waals surface area contributed by atoms with E-state index in [4.69, 9.17) is 0 Å². The van der Waals surface area contributed by atoms with Gasteiger partial charge in [0.05, 0.1) is 17.3 Å². The fourth-order valence-corrected chi connectivity index (χ4v) is 3.96. The van der Waals surface area contributed by atoms with Crippen LogP contribution < -0.4 is 10.0 Å². The molecule has 3 aromatic rings. The summed E-state index contributed by atoms with van der Waals surface area (Å²) in [6.07, 6.45) is -3.48. The fraction of sp³-hybridized carbons (Fsp3) is 0.158. The second kappa shape index (κ2) is 7.82. The zero-order valence-corrected chi connectivity index (χ0v) is 16.6. The van der Waals surface area contributed by atoms with Crippen molar-refractivity contribution in [1.82, 2.24) is 10.2 Å². The predicted molar refractivity (Wildman–Crippen MR) is 105 cm³/mol. The molecule has 0 atom stereocenters. The van der Waals surface area contributed by atoms with Gasteiger partial charge in [-0.3, -0.25) is 14.6 Å². The number of alkyl halides is 3. The van der Waals surface area contributed by atoms with Crippen LogP contribution in [0.5, 0.6) is 0 Å². The Balaban J connectivity index is 1.82. The maximum Gasteiger partial charge on any atom is 0.416 e. The first-order chi connectivity index (χ1) is 14.0. The summed E-state index contributed by atoms with van der Waals surface area (Å²) in [6.45, 7) is 3.62. The molecule has 0 saturated heterocycles. The van der Waals surface area contributed by atoms with Crippen LogP contribution in [-0.2, 0) is 16.2 Å². The maximum atomic E-state index is 12.7. The van der Waals surface area contributed by atoms with Gasteiger partial charge in [0.1, 0.15) is 0 Å². The highest BCUT2D eigenvalue weighted by molar-refractivity contribution is 7.92. The van der Waals surface area contributed by atoms with Crippen molar-refractivity contribution in [2.75, 3.05) is 10.0 Å². The number of benzene rings is 2. The topological polar surface area (TPSA) is 104 Å². The number of aryl methyl sites for hydroxylation is 2.